The monoisotopic (exact) mass is 313 g/mol. The number of carbonyl (C=O) groups is 2. The molecular formula is C14H20ClN3O3. The summed E-state index contributed by atoms with van der Waals surface area (Å²) in [6.07, 6.45) is 0.631. The minimum atomic E-state index is -1.05. The molecule has 0 bridgehead atoms. The number of carboxylic acid groups (broad SMARTS) is 1. The highest BCUT2D eigenvalue weighted by Crippen LogP contribution is 2.20. The fourth-order valence-corrected chi connectivity index (χ4v) is 1.92. The molecule has 0 aliphatic rings. The summed E-state index contributed by atoms with van der Waals surface area (Å²) in [7, 11) is 1.83. The normalized spacial score (nSPS) is 11.9. The lowest BCUT2D eigenvalue weighted by molar-refractivity contribution is -0.141. The zero-order valence-electron chi connectivity index (χ0n) is 11.9. The van der Waals surface area contributed by atoms with Gasteiger partial charge in [-0.1, -0.05) is 23.7 Å². The summed E-state index contributed by atoms with van der Waals surface area (Å²) in [6, 6.07) is 5.90. The first-order valence-electron chi connectivity index (χ1n) is 6.69. The van der Waals surface area contributed by atoms with Gasteiger partial charge in [0, 0.05) is 0 Å². The zero-order chi connectivity index (χ0) is 15.7. The third-order valence-corrected chi connectivity index (χ3v) is 3.16. The summed E-state index contributed by atoms with van der Waals surface area (Å²) >= 11 is 5.93. The first kappa shape index (κ1) is 17.4. The number of amides is 1. The molecule has 7 heteroatoms. The van der Waals surface area contributed by atoms with Crippen molar-refractivity contribution in [3.8, 4) is 0 Å². The molecule has 0 spiro atoms. The number of carbonyl (C=O) groups excluding carboxylic acids is 1. The zero-order valence-corrected chi connectivity index (χ0v) is 12.6. The van der Waals surface area contributed by atoms with Crippen LogP contribution >= 0.6 is 11.6 Å². The second kappa shape index (κ2) is 9.33. The molecule has 0 fully saturated rings. The average Bonchev–Trinajstić information content (AvgIpc) is 2.44. The highest BCUT2D eigenvalue weighted by Gasteiger charge is 2.20. The number of benzene rings is 1. The number of anilines is 1. The van der Waals surface area contributed by atoms with Gasteiger partial charge in [0.15, 0.2) is 0 Å². The van der Waals surface area contributed by atoms with E-state index in [9.17, 15) is 9.59 Å². The molecule has 1 rings (SSSR count). The molecule has 1 aromatic carbocycles. The first-order valence-corrected chi connectivity index (χ1v) is 7.07. The maximum atomic E-state index is 11.9. The first-order chi connectivity index (χ1) is 10.0. The molecule has 116 valence electrons. The van der Waals surface area contributed by atoms with E-state index in [1.165, 1.54) is 0 Å². The minimum Gasteiger partial charge on any atom is -0.480 e. The van der Waals surface area contributed by atoms with Crippen molar-refractivity contribution in [2.75, 3.05) is 25.5 Å². The van der Waals surface area contributed by atoms with Crippen molar-refractivity contribution in [3.63, 3.8) is 0 Å². The molecule has 1 aromatic rings. The van der Waals surface area contributed by atoms with Crippen molar-refractivity contribution in [2.24, 2.45) is 0 Å². The van der Waals surface area contributed by atoms with E-state index in [4.69, 9.17) is 16.7 Å². The van der Waals surface area contributed by atoms with Crippen LogP contribution in [0.5, 0.6) is 0 Å². The molecule has 0 heterocycles. The molecular weight excluding hydrogens is 294 g/mol. The van der Waals surface area contributed by atoms with E-state index >= 15 is 0 Å². The number of nitrogens with one attached hydrogen (secondary N) is 3. The van der Waals surface area contributed by atoms with Crippen molar-refractivity contribution < 1.29 is 14.7 Å². The van der Waals surface area contributed by atoms with Gasteiger partial charge in [-0.25, -0.2) is 0 Å². The third-order valence-electron chi connectivity index (χ3n) is 2.83. The SMILES string of the molecule is CNCCCN[C@H](CC(=O)Nc1ccccc1Cl)C(=O)O. The highest BCUT2D eigenvalue weighted by atomic mass is 35.5. The molecule has 0 saturated carbocycles. The summed E-state index contributed by atoms with van der Waals surface area (Å²) in [5.41, 5.74) is 0.475. The molecule has 0 aliphatic heterocycles. The maximum Gasteiger partial charge on any atom is 0.321 e. The maximum absolute atomic E-state index is 11.9. The van der Waals surface area contributed by atoms with E-state index in [2.05, 4.69) is 16.0 Å². The van der Waals surface area contributed by atoms with Crippen molar-refractivity contribution in [1.29, 1.82) is 0 Å². The van der Waals surface area contributed by atoms with E-state index in [0.29, 0.717) is 17.3 Å². The van der Waals surface area contributed by atoms with Gasteiger partial charge in [0.1, 0.15) is 6.04 Å². The molecule has 0 saturated heterocycles. The molecule has 0 aromatic heterocycles. The summed E-state index contributed by atoms with van der Waals surface area (Å²) in [6.45, 7) is 1.31. The van der Waals surface area contributed by atoms with Gasteiger partial charge in [-0.05, 0) is 38.7 Å². The van der Waals surface area contributed by atoms with Crippen LogP contribution in [0.1, 0.15) is 12.8 Å². The van der Waals surface area contributed by atoms with Crippen LogP contribution in [0.4, 0.5) is 5.69 Å². The molecule has 0 aliphatic carbocycles. The van der Waals surface area contributed by atoms with Gasteiger partial charge in [-0.3, -0.25) is 9.59 Å². The smallest absolute Gasteiger partial charge is 0.321 e. The number of aliphatic carboxylic acids is 1. The van der Waals surface area contributed by atoms with E-state index in [1.807, 2.05) is 7.05 Å². The fourth-order valence-electron chi connectivity index (χ4n) is 1.74. The van der Waals surface area contributed by atoms with Crippen LogP contribution in [0.3, 0.4) is 0 Å². The second-order valence-corrected chi connectivity index (χ2v) is 4.94. The van der Waals surface area contributed by atoms with Gasteiger partial charge in [-0.15, -0.1) is 0 Å². The second-order valence-electron chi connectivity index (χ2n) is 4.53. The number of hydrogen-bond donors (Lipinski definition) is 4. The Morgan fingerprint density at radius 1 is 1.29 bits per heavy atom. The van der Waals surface area contributed by atoms with Crippen LogP contribution in [0.15, 0.2) is 24.3 Å². The Kier molecular flexibility index (Phi) is 7.74. The Hall–Kier alpha value is -1.63. The average molecular weight is 314 g/mol. The molecule has 0 radical (unpaired) electrons. The van der Waals surface area contributed by atoms with Gasteiger partial charge in [0.25, 0.3) is 0 Å². The van der Waals surface area contributed by atoms with Crippen LogP contribution < -0.4 is 16.0 Å². The van der Waals surface area contributed by atoms with Gasteiger partial charge < -0.3 is 21.1 Å². The van der Waals surface area contributed by atoms with Crippen molar-refractivity contribution in [2.45, 2.75) is 18.9 Å². The fraction of sp³-hybridized carbons (Fsp3) is 0.429. The van der Waals surface area contributed by atoms with E-state index < -0.39 is 17.9 Å². The van der Waals surface area contributed by atoms with Gasteiger partial charge in [0.2, 0.25) is 5.91 Å². The van der Waals surface area contributed by atoms with Crippen molar-refractivity contribution in [1.82, 2.24) is 10.6 Å². The number of rotatable bonds is 9. The number of para-hydroxylation sites is 1. The summed E-state index contributed by atoms with van der Waals surface area (Å²) in [5, 5.41) is 18.0. The molecule has 4 N–H and O–H groups in total. The molecule has 21 heavy (non-hydrogen) atoms. The van der Waals surface area contributed by atoms with Gasteiger partial charge in [-0.2, -0.15) is 0 Å². The number of halogens is 1. The standard InChI is InChI=1S/C14H20ClN3O3/c1-16-7-4-8-17-12(14(20)21)9-13(19)18-11-6-3-2-5-10(11)15/h2-3,5-6,12,16-17H,4,7-9H2,1H3,(H,18,19)(H,20,21)/t12-/m1/s1. The summed E-state index contributed by atoms with van der Waals surface area (Å²) in [4.78, 5) is 23.0. The van der Waals surface area contributed by atoms with E-state index in [0.717, 1.165) is 13.0 Å². The lowest BCUT2D eigenvalue weighted by Crippen LogP contribution is -2.40. The topological polar surface area (TPSA) is 90.5 Å². The van der Waals surface area contributed by atoms with Crippen molar-refractivity contribution in [3.05, 3.63) is 29.3 Å². The predicted octanol–water partition coefficient (Wildman–Crippen LogP) is 1.32. The lowest BCUT2D eigenvalue weighted by atomic mass is 10.2. The largest absolute Gasteiger partial charge is 0.480 e. The van der Waals surface area contributed by atoms with Crippen LogP contribution in [0.25, 0.3) is 0 Å². The molecule has 1 atom stereocenters. The Balaban J connectivity index is 2.49. The predicted molar refractivity (Wildman–Crippen MR) is 82.7 cm³/mol. The van der Waals surface area contributed by atoms with E-state index in [-0.39, 0.29) is 6.42 Å². The van der Waals surface area contributed by atoms with Gasteiger partial charge >= 0.3 is 5.97 Å². The Morgan fingerprint density at radius 2 is 2.00 bits per heavy atom. The van der Waals surface area contributed by atoms with Gasteiger partial charge in [0.05, 0.1) is 17.1 Å². The number of hydrogen-bond acceptors (Lipinski definition) is 4. The Labute approximate surface area is 128 Å². The Bertz CT molecular complexity index is 482. The summed E-state index contributed by atoms with van der Waals surface area (Å²) < 4.78 is 0. The van der Waals surface area contributed by atoms with Crippen LogP contribution in [0.2, 0.25) is 5.02 Å². The molecule has 1 amide bonds. The van der Waals surface area contributed by atoms with Crippen LogP contribution in [0, 0.1) is 0 Å². The summed E-state index contributed by atoms with van der Waals surface area (Å²) in [5.74, 6) is -1.44. The van der Waals surface area contributed by atoms with E-state index in [1.54, 1.807) is 24.3 Å². The molecule has 0 unspecified atom stereocenters. The third kappa shape index (κ3) is 6.57. The highest BCUT2D eigenvalue weighted by molar-refractivity contribution is 6.33. The Morgan fingerprint density at radius 3 is 2.62 bits per heavy atom. The minimum absolute atomic E-state index is 0.153. The molecule has 6 nitrogen and oxygen atoms in total. The van der Waals surface area contributed by atoms with Crippen LogP contribution in [-0.2, 0) is 9.59 Å². The number of carboxylic acids is 1. The van der Waals surface area contributed by atoms with Crippen LogP contribution in [-0.4, -0.2) is 43.2 Å². The van der Waals surface area contributed by atoms with Crippen molar-refractivity contribution >= 4 is 29.2 Å². The quantitative estimate of drug-likeness (QED) is 0.516. The lowest BCUT2D eigenvalue weighted by Gasteiger charge is -2.14.